The first-order valence-corrected chi connectivity index (χ1v) is 11.1. The molecule has 4 aromatic heterocycles. The molecule has 0 aliphatic rings. The molecule has 0 aliphatic heterocycles. The number of nitrogen functional groups attached to an aromatic ring is 2. The minimum atomic E-state index is 0.207. The van der Waals surface area contributed by atoms with Gasteiger partial charge >= 0.3 is 0 Å². The molecule has 34 heavy (non-hydrogen) atoms. The van der Waals surface area contributed by atoms with E-state index in [1.807, 2.05) is 53.6 Å². The molecule has 6 rings (SSSR count). The predicted octanol–water partition coefficient (Wildman–Crippen LogP) is 4.28. The molecule has 9 nitrogen and oxygen atoms in total. The van der Waals surface area contributed by atoms with Crippen molar-refractivity contribution in [2.45, 2.75) is 19.9 Å². The first-order chi connectivity index (χ1) is 16.3. The fourth-order valence-electron chi connectivity index (χ4n) is 4.60. The van der Waals surface area contributed by atoms with E-state index < -0.39 is 0 Å². The summed E-state index contributed by atoms with van der Waals surface area (Å²) >= 11 is 0. The molecule has 0 fully saturated rings. The summed E-state index contributed by atoms with van der Waals surface area (Å²) in [6, 6.07) is 14.1. The molecule has 0 aliphatic carbocycles. The van der Waals surface area contributed by atoms with Crippen molar-refractivity contribution in [1.82, 2.24) is 33.6 Å². The summed E-state index contributed by atoms with van der Waals surface area (Å²) < 4.78 is 6.09. The summed E-state index contributed by atoms with van der Waals surface area (Å²) in [5, 5.41) is 0. The summed E-state index contributed by atoms with van der Waals surface area (Å²) in [5.74, 6) is 1.54. The van der Waals surface area contributed by atoms with Crippen LogP contribution < -0.4 is 11.5 Å². The topological polar surface area (TPSA) is 118 Å². The highest BCUT2D eigenvalue weighted by atomic mass is 15.1. The number of imidazole rings is 3. The number of hydrogen-bond acceptors (Lipinski definition) is 6. The smallest absolute Gasteiger partial charge is 0.162 e. The van der Waals surface area contributed by atoms with Gasteiger partial charge in [-0.05, 0) is 44.2 Å². The fourth-order valence-corrected chi connectivity index (χ4v) is 4.60. The molecule has 6 aromatic rings. The van der Waals surface area contributed by atoms with Gasteiger partial charge in [0.15, 0.2) is 11.5 Å². The largest absolute Gasteiger partial charge is 0.397 e. The number of aryl methyl sites for hydroxylation is 2. The quantitative estimate of drug-likeness (QED) is 0.388. The lowest BCUT2D eigenvalue weighted by atomic mass is 10.1. The van der Waals surface area contributed by atoms with Gasteiger partial charge in [0.25, 0.3) is 0 Å². The van der Waals surface area contributed by atoms with Crippen LogP contribution in [0.2, 0.25) is 0 Å². The molecule has 170 valence electrons. The number of hydrogen-bond donors (Lipinski definition) is 2. The zero-order chi connectivity index (χ0) is 23.7. The summed E-state index contributed by atoms with van der Waals surface area (Å²) in [7, 11) is 3.98. The van der Waals surface area contributed by atoms with E-state index in [1.54, 1.807) is 6.33 Å². The number of nitrogens with zero attached hydrogens (tertiary/aromatic N) is 7. The van der Waals surface area contributed by atoms with E-state index in [4.69, 9.17) is 26.4 Å². The van der Waals surface area contributed by atoms with Crippen molar-refractivity contribution >= 4 is 44.6 Å². The highest BCUT2D eigenvalue weighted by molar-refractivity contribution is 5.95. The maximum absolute atomic E-state index is 6.49. The molecule has 0 saturated carbocycles. The van der Waals surface area contributed by atoms with Crippen LogP contribution in [0.3, 0.4) is 0 Å². The van der Waals surface area contributed by atoms with Crippen molar-refractivity contribution in [3.8, 4) is 22.9 Å². The predicted molar refractivity (Wildman–Crippen MR) is 136 cm³/mol. The summed E-state index contributed by atoms with van der Waals surface area (Å²) in [4.78, 5) is 19.0. The summed E-state index contributed by atoms with van der Waals surface area (Å²) in [6.07, 6.45) is 1.78. The van der Waals surface area contributed by atoms with Gasteiger partial charge in [-0.25, -0.2) is 19.9 Å². The molecule has 0 radical (unpaired) electrons. The lowest BCUT2D eigenvalue weighted by Gasteiger charge is -2.09. The van der Waals surface area contributed by atoms with Gasteiger partial charge in [0.1, 0.15) is 22.6 Å². The van der Waals surface area contributed by atoms with E-state index in [0.717, 1.165) is 39.1 Å². The molecule has 9 heteroatoms. The third kappa shape index (κ3) is 2.79. The number of fused-ring (bicyclic) bond motifs is 3. The average molecular weight is 452 g/mol. The number of anilines is 2. The van der Waals surface area contributed by atoms with Crippen LogP contribution in [0.5, 0.6) is 0 Å². The Balaban J connectivity index is 1.56. The van der Waals surface area contributed by atoms with Crippen molar-refractivity contribution in [3.05, 3.63) is 48.8 Å². The molecule has 0 unspecified atom stereocenters. The monoisotopic (exact) mass is 451 g/mol. The van der Waals surface area contributed by atoms with Gasteiger partial charge in [-0.3, -0.25) is 0 Å². The Kier molecular flexibility index (Phi) is 4.19. The number of para-hydroxylation sites is 2. The Bertz CT molecular complexity index is 1730. The number of pyridine rings is 1. The van der Waals surface area contributed by atoms with Crippen LogP contribution in [0.4, 0.5) is 11.4 Å². The molecule has 0 atom stereocenters. The standard InChI is InChI=1S/C25H25N9/c1-13(2)34-12-28-22-16(27)11-18(30-25(22)34)24-31-21-15(26)9-14(10-20(21)33(24)4)23-29-17-7-5-6-8-19(17)32(23)3/h5-13H,26H2,1-4H3,(H2,27,30). The maximum atomic E-state index is 6.49. The molecule has 0 saturated heterocycles. The van der Waals surface area contributed by atoms with Crippen molar-refractivity contribution in [1.29, 1.82) is 0 Å². The second kappa shape index (κ2) is 7.05. The lowest BCUT2D eigenvalue weighted by Crippen LogP contribution is -2.03. The molecular weight excluding hydrogens is 426 g/mol. The van der Waals surface area contributed by atoms with Crippen molar-refractivity contribution in [2.75, 3.05) is 11.5 Å². The molecule has 0 amide bonds. The van der Waals surface area contributed by atoms with Crippen LogP contribution in [0.25, 0.3) is 56.1 Å². The Morgan fingerprint density at radius 1 is 0.794 bits per heavy atom. The summed E-state index contributed by atoms with van der Waals surface area (Å²) in [6.45, 7) is 4.17. The van der Waals surface area contributed by atoms with Crippen LogP contribution in [0.15, 0.2) is 48.8 Å². The van der Waals surface area contributed by atoms with Gasteiger partial charge in [-0.2, -0.15) is 0 Å². The first kappa shape index (κ1) is 20.2. The Morgan fingerprint density at radius 2 is 1.53 bits per heavy atom. The van der Waals surface area contributed by atoms with E-state index in [0.29, 0.717) is 28.4 Å². The third-order valence-electron chi connectivity index (χ3n) is 6.41. The third-order valence-corrected chi connectivity index (χ3v) is 6.41. The van der Waals surface area contributed by atoms with E-state index >= 15 is 0 Å². The summed E-state index contributed by atoms with van der Waals surface area (Å²) in [5.41, 5.74) is 20.7. The normalized spacial score (nSPS) is 12.0. The second-order valence-electron chi connectivity index (χ2n) is 8.93. The van der Waals surface area contributed by atoms with Gasteiger partial charge in [0.05, 0.1) is 34.3 Å². The van der Waals surface area contributed by atoms with Gasteiger partial charge in [-0.1, -0.05) is 12.1 Å². The van der Waals surface area contributed by atoms with Crippen molar-refractivity contribution < 1.29 is 0 Å². The van der Waals surface area contributed by atoms with Crippen molar-refractivity contribution in [2.24, 2.45) is 14.1 Å². The van der Waals surface area contributed by atoms with Gasteiger partial charge in [-0.15, -0.1) is 0 Å². The number of nitrogens with two attached hydrogens (primary N) is 2. The van der Waals surface area contributed by atoms with E-state index in [9.17, 15) is 0 Å². The molecule has 4 N–H and O–H groups in total. The maximum Gasteiger partial charge on any atom is 0.162 e. The molecule has 2 aromatic carbocycles. The highest BCUT2D eigenvalue weighted by Gasteiger charge is 2.19. The van der Waals surface area contributed by atoms with E-state index in [-0.39, 0.29) is 6.04 Å². The minimum Gasteiger partial charge on any atom is -0.397 e. The zero-order valence-electron chi connectivity index (χ0n) is 19.5. The van der Waals surface area contributed by atoms with E-state index in [2.05, 4.69) is 35.5 Å². The van der Waals surface area contributed by atoms with Crippen LogP contribution >= 0.6 is 0 Å². The molecule has 0 bridgehead atoms. The van der Waals surface area contributed by atoms with Crippen LogP contribution in [0.1, 0.15) is 19.9 Å². The molecular formula is C25H25N9. The van der Waals surface area contributed by atoms with Crippen LogP contribution in [-0.4, -0.2) is 33.6 Å². The highest BCUT2D eigenvalue weighted by Crippen LogP contribution is 2.34. The minimum absolute atomic E-state index is 0.207. The SMILES string of the molecule is CC(C)n1cnc2c(N)cc(-c3nc4c(N)cc(-c5nc6ccccc6n5C)cc4n3C)nc21. The second-order valence-corrected chi connectivity index (χ2v) is 8.93. The fraction of sp³-hybridized carbons (Fsp3) is 0.200. The van der Waals surface area contributed by atoms with Gasteiger partial charge in [0, 0.05) is 25.7 Å². The van der Waals surface area contributed by atoms with Gasteiger partial charge < -0.3 is 25.2 Å². The Morgan fingerprint density at radius 3 is 2.29 bits per heavy atom. The lowest BCUT2D eigenvalue weighted by molar-refractivity contribution is 0.613. The first-order valence-electron chi connectivity index (χ1n) is 11.1. The molecule has 4 heterocycles. The van der Waals surface area contributed by atoms with Gasteiger partial charge in [0.2, 0.25) is 0 Å². The van der Waals surface area contributed by atoms with Crippen LogP contribution in [0, 0.1) is 0 Å². The Labute approximate surface area is 195 Å². The molecule has 0 spiro atoms. The zero-order valence-corrected chi connectivity index (χ0v) is 19.5. The number of aromatic nitrogens is 7. The van der Waals surface area contributed by atoms with E-state index in [1.165, 1.54) is 0 Å². The van der Waals surface area contributed by atoms with Crippen LogP contribution in [-0.2, 0) is 14.1 Å². The Hall–Kier alpha value is -4.40. The number of benzene rings is 2. The average Bonchev–Trinajstić information content (AvgIpc) is 3.49. The number of rotatable bonds is 3. The van der Waals surface area contributed by atoms with Crippen molar-refractivity contribution in [3.63, 3.8) is 0 Å².